The van der Waals surface area contributed by atoms with Gasteiger partial charge in [0.2, 0.25) is 10.0 Å². The minimum absolute atomic E-state index is 0.120. The molecule has 0 bridgehead atoms. The molecule has 0 aromatic heterocycles. The van der Waals surface area contributed by atoms with Gasteiger partial charge in [-0.15, -0.1) is 0 Å². The molecule has 0 aliphatic carbocycles. The number of hydrogen-bond donors (Lipinski definition) is 1. The lowest BCUT2D eigenvalue weighted by Crippen LogP contribution is -2.12. The molecule has 0 amide bonds. The van der Waals surface area contributed by atoms with Crippen molar-refractivity contribution < 1.29 is 17.6 Å². The van der Waals surface area contributed by atoms with E-state index >= 15 is 0 Å². The minimum Gasteiger partial charge on any atom is -0.299 e. The summed E-state index contributed by atoms with van der Waals surface area (Å²) in [6.45, 7) is 0. The lowest BCUT2D eigenvalue weighted by molar-refractivity contribution is -0.104. The van der Waals surface area contributed by atoms with Crippen LogP contribution in [0.25, 0.3) is 6.08 Å². The zero-order valence-electron chi connectivity index (χ0n) is 7.55. The highest BCUT2D eigenvalue weighted by atomic mass is 32.2. The minimum atomic E-state index is -3.90. The number of hydrogen-bond acceptors (Lipinski definition) is 3. The topological polar surface area (TPSA) is 77.2 Å². The van der Waals surface area contributed by atoms with Crippen LogP contribution in [0.5, 0.6) is 0 Å². The summed E-state index contributed by atoms with van der Waals surface area (Å²) in [6, 6.07) is 3.21. The van der Waals surface area contributed by atoms with Gasteiger partial charge in [-0.3, -0.25) is 4.79 Å². The number of nitrogens with two attached hydrogens (primary N) is 1. The molecule has 0 radical (unpaired) electrons. The molecule has 0 spiro atoms. The average Bonchev–Trinajstić information content (AvgIpc) is 2.14. The highest BCUT2D eigenvalue weighted by Gasteiger charge is 2.09. The number of benzene rings is 1. The van der Waals surface area contributed by atoms with E-state index in [4.69, 9.17) is 5.14 Å². The molecular weight excluding hydrogens is 221 g/mol. The molecule has 0 saturated carbocycles. The van der Waals surface area contributed by atoms with E-state index in [1.54, 1.807) is 0 Å². The van der Waals surface area contributed by atoms with E-state index in [0.717, 1.165) is 12.1 Å². The van der Waals surface area contributed by atoms with Crippen molar-refractivity contribution in [2.45, 2.75) is 4.90 Å². The third kappa shape index (κ3) is 2.97. The third-order valence-corrected chi connectivity index (χ3v) is 2.57. The van der Waals surface area contributed by atoms with Crippen LogP contribution < -0.4 is 5.14 Å². The van der Waals surface area contributed by atoms with Crippen LogP contribution in [0.4, 0.5) is 4.39 Å². The van der Waals surface area contributed by atoms with Crippen molar-refractivity contribution in [3.63, 3.8) is 0 Å². The van der Waals surface area contributed by atoms with Crippen LogP contribution in [0.3, 0.4) is 0 Å². The fourth-order valence-corrected chi connectivity index (χ4v) is 1.49. The average molecular weight is 229 g/mol. The number of primary sulfonamides is 1. The first-order valence-electron chi connectivity index (χ1n) is 3.89. The van der Waals surface area contributed by atoms with Gasteiger partial charge in [0, 0.05) is 5.56 Å². The summed E-state index contributed by atoms with van der Waals surface area (Å²) >= 11 is 0. The van der Waals surface area contributed by atoms with E-state index in [2.05, 4.69) is 0 Å². The summed E-state index contributed by atoms with van der Waals surface area (Å²) < 4.78 is 34.9. The Labute approximate surface area is 86.3 Å². The molecule has 6 heteroatoms. The quantitative estimate of drug-likeness (QED) is 0.611. The predicted octanol–water partition coefficient (Wildman–Crippen LogP) is 0.685. The Bertz CT molecular complexity index is 508. The fourth-order valence-electron chi connectivity index (χ4n) is 0.963. The fraction of sp³-hybridized carbons (Fsp3) is 0. The van der Waals surface area contributed by atoms with Gasteiger partial charge in [0.15, 0.2) is 0 Å². The first kappa shape index (κ1) is 11.5. The Morgan fingerprint density at radius 1 is 1.33 bits per heavy atom. The third-order valence-electron chi connectivity index (χ3n) is 1.65. The van der Waals surface area contributed by atoms with Gasteiger partial charge in [-0.05, 0) is 24.3 Å². The number of allylic oxidation sites excluding steroid dienone is 1. The van der Waals surface area contributed by atoms with Crippen LogP contribution in [0, 0.1) is 5.82 Å². The van der Waals surface area contributed by atoms with E-state index < -0.39 is 15.8 Å². The molecule has 1 aromatic rings. The molecule has 0 aliphatic heterocycles. The molecule has 0 atom stereocenters. The normalized spacial score (nSPS) is 11.9. The summed E-state index contributed by atoms with van der Waals surface area (Å²) in [5.41, 5.74) is 0.120. The van der Waals surface area contributed by atoms with Gasteiger partial charge >= 0.3 is 0 Å². The number of carbonyl (C=O) groups is 1. The van der Waals surface area contributed by atoms with Crippen LogP contribution in [-0.4, -0.2) is 14.7 Å². The van der Waals surface area contributed by atoms with Crippen molar-refractivity contribution in [3.05, 3.63) is 35.7 Å². The summed E-state index contributed by atoms with van der Waals surface area (Å²) in [5, 5.41) is 4.81. The number of aldehydes is 1. The van der Waals surface area contributed by atoms with Crippen molar-refractivity contribution >= 4 is 22.4 Å². The molecule has 4 nitrogen and oxygen atoms in total. The van der Waals surface area contributed by atoms with Crippen molar-refractivity contribution in [2.24, 2.45) is 5.14 Å². The van der Waals surface area contributed by atoms with Crippen LogP contribution in [0.15, 0.2) is 29.2 Å². The van der Waals surface area contributed by atoms with Gasteiger partial charge in [-0.1, -0.05) is 6.07 Å². The van der Waals surface area contributed by atoms with Crippen molar-refractivity contribution in [2.75, 3.05) is 0 Å². The number of carbonyl (C=O) groups excluding carboxylic acids is 1. The van der Waals surface area contributed by atoms with Crippen LogP contribution in [-0.2, 0) is 14.8 Å². The zero-order chi connectivity index (χ0) is 11.5. The van der Waals surface area contributed by atoms with Crippen LogP contribution in [0.2, 0.25) is 0 Å². The Morgan fingerprint density at radius 3 is 2.47 bits per heavy atom. The number of rotatable bonds is 3. The number of halogens is 1. The Hall–Kier alpha value is -1.53. The summed E-state index contributed by atoms with van der Waals surface area (Å²) in [5.74, 6) is -0.750. The predicted molar refractivity (Wildman–Crippen MR) is 52.9 cm³/mol. The summed E-state index contributed by atoms with van der Waals surface area (Å²) in [6.07, 6.45) is 2.83. The molecule has 0 unspecified atom stereocenters. The van der Waals surface area contributed by atoms with E-state index in [9.17, 15) is 17.6 Å². The standard InChI is InChI=1S/C9H8FNO3S/c10-9-6-8(15(11,13)14)4-3-7(9)2-1-5-12/h1-6H,(H2,11,13,14). The molecule has 0 fully saturated rings. The number of sulfonamides is 1. The Morgan fingerprint density at radius 2 is 2.00 bits per heavy atom. The SMILES string of the molecule is NS(=O)(=O)c1ccc(C=CC=O)c(F)c1. The highest BCUT2D eigenvalue weighted by Crippen LogP contribution is 2.14. The van der Waals surface area contributed by atoms with Gasteiger partial charge in [0.05, 0.1) is 4.90 Å². The Balaban J connectivity index is 3.20. The molecular formula is C9H8FNO3S. The van der Waals surface area contributed by atoms with Gasteiger partial charge < -0.3 is 0 Å². The first-order chi connectivity index (χ1) is 6.95. The van der Waals surface area contributed by atoms with Gasteiger partial charge in [-0.2, -0.15) is 0 Å². The lowest BCUT2D eigenvalue weighted by Gasteiger charge is -2.00. The molecule has 1 rings (SSSR count). The monoisotopic (exact) mass is 229 g/mol. The van der Waals surface area contributed by atoms with Crippen molar-refractivity contribution in [3.8, 4) is 0 Å². The second kappa shape index (κ2) is 4.33. The maximum absolute atomic E-state index is 13.2. The van der Waals surface area contributed by atoms with E-state index in [0.29, 0.717) is 6.29 Å². The molecule has 0 heterocycles. The van der Waals surface area contributed by atoms with Gasteiger partial charge in [-0.25, -0.2) is 17.9 Å². The maximum Gasteiger partial charge on any atom is 0.238 e. The van der Waals surface area contributed by atoms with Crippen LogP contribution in [0.1, 0.15) is 5.56 Å². The maximum atomic E-state index is 13.2. The second-order valence-electron chi connectivity index (χ2n) is 2.72. The van der Waals surface area contributed by atoms with E-state index in [1.165, 1.54) is 18.2 Å². The highest BCUT2D eigenvalue weighted by molar-refractivity contribution is 7.89. The summed E-state index contributed by atoms with van der Waals surface area (Å²) in [7, 11) is -3.90. The molecule has 15 heavy (non-hydrogen) atoms. The van der Waals surface area contributed by atoms with E-state index in [1.807, 2.05) is 0 Å². The van der Waals surface area contributed by atoms with Crippen molar-refractivity contribution in [1.82, 2.24) is 0 Å². The van der Waals surface area contributed by atoms with Crippen LogP contribution >= 0.6 is 0 Å². The Kier molecular flexibility index (Phi) is 3.33. The van der Waals surface area contributed by atoms with Gasteiger partial charge in [0.25, 0.3) is 0 Å². The van der Waals surface area contributed by atoms with Crippen molar-refractivity contribution in [1.29, 1.82) is 0 Å². The lowest BCUT2D eigenvalue weighted by atomic mass is 10.2. The zero-order valence-corrected chi connectivity index (χ0v) is 8.37. The molecule has 1 aromatic carbocycles. The second-order valence-corrected chi connectivity index (χ2v) is 4.28. The van der Waals surface area contributed by atoms with E-state index in [-0.39, 0.29) is 10.5 Å². The smallest absolute Gasteiger partial charge is 0.238 e. The molecule has 0 aliphatic rings. The molecule has 2 N–H and O–H groups in total. The molecule has 0 saturated heterocycles. The summed E-state index contributed by atoms with van der Waals surface area (Å²) in [4.78, 5) is 9.69. The first-order valence-corrected chi connectivity index (χ1v) is 5.44. The van der Waals surface area contributed by atoms with Gasteiger partial charge in [0.1, 0.15) is 12.1 Å². The molecule has 80 valence electrons. The largest absolute Gasteiger partial charge is 0.299 e.